The molecule has 2 unspecified atom stereocenters. The number of hydrogen-bond acceptors (Lipinski definition) is 7. The molecule has 0 aromatic carbocycles. The first-order valence-electron chi connectivity index (χ1n) is 9.51. The summed E-state index contributed by atoms with van der Waals surface area (Å²) in [5, 5.41) is 3.84. The second kappa shape index (κ2) is 6.40. The number of alkyl halides is 1. The van der Waals surface area contributed by atoms with Crippen LogP contribution in [0.5, 0.6) is 0 Å². The highest BCUT2D eigenvalue weighted by Gasteiger charge is 2.48. The molecule has 2 bridgehead atoms. The third-order valence-electron chi connectivity index (χ3n) is 5.42. The molecule has 9 heteroatoms. The van der Waals surface area contributed by atoms with E-state index >= 15 is 0 Å². The average Bonchev–Trinajstić information content (AvgIpc) is 3.40. The minimum atomic E-state index is -1.69. The molecular weight excluding hydrogens is 377 g/mol. The van der Waals surface area contributed by atoms with E-state index in [0.29, 0.717) is 17.1 Å². The number of nitrogens with zero attached hydrogens (tertiary/aromatic N) is 5. The molecule has 3 aliphatic rings. The topological polar surface area (TPSA) is 88.5 Å². The number of anilines is 1. The first kappa shape index (κ1) is 17.8. The zero-order valence-electron chi connectivity index (χ0n) is 16.1. The molecule has 0 aliphatic carbocycles. The van der Waals surface area contributed by atoms with E-state index < -0.39 is 5.67 Å². The van der Waals surface area contributed by atoms with Crippen LogP contribution in [0.15, 0.2) is 45.7 Å². The third kappa shape index (κ3) is 3.06. The Morgan fingerprint density at radius 2 is 2.03 bits per heavy atom. The van der Waals surface area contributed by atoms with Crippen molar-refractivity contribution < 1.29 is 18.1 Å². The molecule has 29 heavy (non-hydrogen) atoms. The van der Waals surface area contributed by atoms with E-state index in [9.17, 15) is 9.18 Å². The van der Waals surface area contributed by atoms with Crippen LogP contribution >= 0.6 is 0 Å². The molecule has 0 spiro atoms. The number of piperazine rings is 1. The summed E-state index contributed by atoms with van der Waals surface area (Å²) in [6.07, 6.45) is 4.16. The summed E-state index contributed by atoms with van der Waals surface area (Å²) in [4.78, 5) is 25.3. The minimum Gasteiger partial charge on any atom is -0.459 e. The first-order valence-corrected chi connectivity index (χ1v) is 9.51. The molecule has 3 saturated heterocycles. The van der Waals surface area contributed by atoms with E-state index in [4.69, 9.17) is 8.94 Å². The lowest BCUT2D eigenvalue weighted by molar-refractivity contribution is 0.00315. The second-order valence-corrected chi connectivity index (χ2v) is 7.94. The standard InChI is InChI=1S/C20H20FN5O3/c1-20(2,21)19-23-17(24-29-19)12-5-6-16(22-9-12)25-10-13-8-14(11-25)26(13)18(27)15-4-3-7-28-15/h3-7,9,13-14H,8,10-11H2,1-2H3. The predicted molar refractivity (Wildman–Crippen MR) is 101 cm³/mol. The van der Waals surface area contributed by atoms with Gasteiger partial charge < -0.3 is 18.7 Å². The van der Waals surface area contributed by atoms with E-state index in [-0.39, 0.29) is 23.9 Å². The van der Waals surface area contributed by atoms with Gasteiger partial charge in [-0.3, -0.25) is 4.79 Å². The van der Waals surface area contributed by atoms with Gasteiger partial charge in [-0.25, -0.2) is 9.37 Å². The fourth-order valence-corrected chi connectivity index (χ4v) is 3.94. The first-order chi connectivity index (χ1) is 13.9. The summed E-state index contributed by atoms with van der Waals surface area (Å²) in [5.41, 5.74) is -1.03. The zero-order valence-corrected chi connectivity index (χ0v) is 16.1. The van der Waals surface area contributed by atoms with Crippen molar-refractivity contribution in [3.63, 3.8) is 0 Å². The maximum atomic E-state index is 13.9. The van der Waals surface area contributed by atoms with Gasteiger partial charge in [-0.15, -0.1) is 0 Å². The van der Waals surface area contributed by atoms with Crippen molar-refractivity contribution in [3.8, 4) is 11.4 Å². The number of carbonyl (C=O) groups excluding carboxylic acids is 1. The van der Waals surface area contributed by atoms with Gasteiger partial charge in [0.2, 0.25) is 5.82 Å². The number of piperidine rings is 1. The summed E-state index contributed by atoms with van der Waals surface area (Å²) in [5.74, 6) is 1.40. The van der Waals surface area contributed by atoms with Crippen LogP contribution in [0, 0.1) is 0 Å². The Hall–Kier alpha value is -3.23. The Kier molecular flexibility index (Phi) is 3.94. The van der Waals surface area contributed by atoms with Gasteiger partial charge in [0.1, 0.15) is 5.82 Å². The van der Waals surface area contributed by atoms with Gasteiger partial charge in [0, 0.05) is 24.8 Å². The van der Waals surface area contributed by atoms with Crippen LogP contribution in [-0.2, 0) is 5.67 Å². The monoisotopic (exact) mass is 397 g/mol. The number of halogens is 1. The number of hydrogen-bond donors (Lipinski definition) is 0. The summed E-state index contributed by atoms with van der Waals surface area (Å²) in [6.45, 7) is 4.18. The van der Waals surface area contributed by atoms with Gasteiger partial charge in [0.15, 0.2) is 11.4 Å². The van der Waals surface area contributed by atoms with E-state index in [2.05, 4.69) is 20.0 Å². The lowest BCUT2D eigenvalue weighted by atomic mass is 9.87. The van der Waals surface area contributed by atoms with Gasteiger partial charge in [0.05, 0.1) is 18.3 Å². The van der Waals surface area contributed by atoms with Crippen LogP contribution in [0.4, 0.5) is 10.2 Å². The molecule has 6 rings (SSSR count). The van der Waals surface area contributed by atoms with Gasteiger partial charge in [-0.2, -0.15) is 4.98 Å². The van der Waals surface area contributed by atoms with Crippen molar-refractivity contribution in [1.29, 1.82) is 0 Å². The Labute approximate surface area is 166 Å². The summed E-state index contributed by atoms with van der Waals surface area (Å²) in [7, 11) is 0. The third-order valence-corrected chi connectivity index (χ3v) is 5.42. The van der Waals surface area contributed by atoms with Crippen molar-refractivity contribution in [2.75, 3.05) is 18.0 Å². The number of rotatable bonds is 4. The molecule has 8 nitrogen and oxygen atoms in total. The van der Waals surface area contributed by atoms with Crippen molar-refractivity contribution in [3.05, 3.63) is 48.4 Å². The molecule has 2 atom stereocenters. The number of carbonyl (C=O) groups is 1. The van der Waals surface area contributed by atoms with Crippen LogP contribution < -0.4 is 4.90 Å². The number of aromatic nitrogens is 3. The van der Waals surface area contributed by atoms with Gasteiger partial charge in [-0.05, 0) is 44.5 Å². The fraction of sp³-hybridized carbons (Fsp3) is 0.400. The number of amides is 1. The van der Waals surface area contributed by atoms with Crippen LogP contribution in [0.1, 0.15) is 36.7 Å². The van der Waals surface area contributed by atoms with Gasteiger partial charge in [-0.1, -0.05) is 5.16 Å². The van der Waals surface area contributed by atoms with Crippen molar-refractivity contribution >= 4 is 11.7 Å². The quantitative estimate of drug-likeness (QED) is 0.668. The highest BCUT2D eigenvalue weighted by molar-refractivity contribution is 5.92. The Morgan fingerprint density at radius 1 is 1.24 bits per heavy atom. The molecule has 0 saturated carbocycles. The normalized spacial score (nSPS) is 21.2. The Morgan fingerprint density at radius 3 is 2.62 bits per heavy atom. The van der Waals surface area contributed by atoms with Crippen LogP contribution in [-0.4, -0.2) is 51.1 Å². The Bertz CT molecular complexity index is 1010. The maximum Gasteiger partial charge on any atom is 0.290 e. The lowest BCUT2D eigenvalue weighted by Gasteiger charge is -2.56. The van der Waals surface area contributed by atoms with Crippen LogP contribution in [0.3, 0.4) is 0 Å². The minimum absolute atomic E-state index is 0.0529. The molecule has 3 fully saturated rings. The average molecular weight is 397 g/mol. The highest BCUT2D eigenvalue weighted by Crippen LogP contribution is 2.35. The molecule has 3 aliphatic heterocycles. The zero-order chi connectivity index (χ0) is 20.2. The van der Waals surface area contributed by atoms with Crippen molar-refractivity contribution in [2.45, 2.75) is 38.0 Å². The van der Waals surface area contributed by atoms with E-state index in [0.717, 1.165) is 25.3 Å². The lowest BCUT2D eigenvalue weighted by Crippen LogP contribution is -2.70. The van der Waals surface area contributed by atoms with Crippen molar-refractivity contribution in [2.24, 2.45) is 0 Å². The molecular formula is C20H20FN5O3. The fourth-order valence-electron chi connectivity index (χ4n) is 3.94. The molecule has 1 amide bonds. The van der Waals surface area contributed by atoms with Crippen molar-refractivity contribution in [1.82, 2.24) is 20.0 Å². The van der Waals surface area contributed by atoms with E-state index in [1.807, 2.05) is 17.0 Å². The summed E-state index contributed by atoms with van der Waals surface area (Å²) >= 11 is 0. The SMILES string of the molecule is CC(C)(F)c1nc(-c2ccc(N3CC4CC(C3)N4C(=O)c3ccco3)nc2)no1. The van der Waals surface area contributed by atoms with Gasteiger partial charge in [0.25, 0.3) is 11.8 Å². The van der Waals surface area contributed by atoms with Gasteiger partial charge >= 0.3 is 0 Å². The number of fused-ring (bicyclic) bond motifs is 2. The molecule has 150 valence electrons. The smallest absolute Gasteiger partial charge is 0.290 e. The van der Waals surface area contributed by atoms with Crippen LogP contribution in [0.25, 0.3) is 11.4 Å². The molecule has 3 aromatic rings. The Balaban J connectivity index is 1.28. The molecule has 0 radical (unpaired) electrons. The number of furan rings is 1. The number of pyridine rings is 1. The van der Waals surface area contributed by atoms with E-state index in [1.165, 1.54) is 20.1 Å². The highest BCUT2D eigenvalue weighted by atomic mass is 19.1. The van der Waals surface area contributed by atoms with Crippen LogP contribution in [0.2, 0.25) is 0 Å². The molecule has 6 heterocycles. The molecule has 0 N–H and O–H groups in total. The second-order valence-electron chi connectivity index (χ2n) is 7.94. The maximum absolute atomic E-state index is 13.9. The van der Waals surface area contributed by atoms with E-state index in [1.54, 1.807) is 18.3 Å². The predicted octanol–water partition coefficient (Wildman–Crippen LogP) is 3.03. The summed E-state index contributed by atoms with van der Waals surface area (Å²) < 4.78 is 24.2. The summed E-state index contributed by atoms with van der Waals surface area (Å²) in [6, 6.07) is 7.45. The molecule has 3 aromatic heterocycles. The largest absolute Gasteiger partial charge is 0.459 e.